The van der Waals surface area contributed by atoms with Gasteiger partial charge in [-0.15, -0.1) is 11.3 Å². The zero-order valence-electron chi connectivity index (χ0n) is 13.8. The highest BCUT2D eigenvalue weighted by atomic mass is 35.5. The smallest absolute Gasteiger partial charge is 0.324 e. The van der Waals surface area contributed by atoms with Crippen molar-refractivity contribution in [3.8, 4) is 0 Å². The van der Waals surface area contributed by atoms with Crippen molar-refractivity contribution in [3.63, 3.8) is 0 Å². The number of thiophene rings is 1. The number of anilines is 1. The van der Waals surface area contributed by atoms with Crippen LogP contribution in [0, 0.1) is 0 Å². The van der Waals surface area contributed by atoms with Gasteiger partial charge in [-0.1, -0.05) is 30.1 Å². The number of carbonyl (C=O) groups excluding carboxylic acids is 1. The second-order valence-electron chi connectivity index (χ2n) is 5.67. The monoisotopic (exact) mass is 411 g/mol. The van der Waals surface area contributed by atoms with Crippen LogP contribution in [0.25, 0.3) is 10.2 Å². The van der Waals surface area contributed by atoms with Gasteiger partial charge in [-0.3, -0.25) is 18.7 Å². The lowest BCUT2D eigenvalue weighted by Gasteiger charge is -2.12. The van der Waals surface area contributed by atoms with Gasteiger partial charge in [0.25, 0.3) is 5.56 Å². The lowest BCUT2D eigenvalue weighted by atomic mass is 10.3. The molecule has 1 aromatic carbocycles. The SMILES string of the molecule is CCCn1c(=O)c2sccc2n(CC(=O)Nc2cc(Cl)cc(Cl)c2)c1=O. The third kappa shape index (κ3) is 3.70. The van der Waals surface area contributed by atoms with Crippen LogP contribution in [0.5, 0.6) is 0 Å². The lowest BCUT2D eigenvalue weighted by molar-refractivity contribution is -0.116. The molecule has 0 bridgehead atoms. The Labute approximate surface area is 162 Å². The van der Waals surface area contributed by atoms with Gasteiger partial charge in [0, 0.05) is 22.3 Å². The number of carbonyl (C=O) groups is 1. The maximum absolute atomic E-state index is 12.7. The van der Waals surface area contributed by atoms with Crippen molar-refractivity contribution in [2.75, 3.05) is 5.32 Å². The van der Waals surface area contributed by atoms with E-state index in [1.807, 2.05) is 6.92 Å². The molecule has 0 saturated heterocycles. The second-order valence-corrected chi connectivity index (χ2v) is 7.46. The summed E-state index contributed by atoms with van der Waals surface area (Å²) in [5, 5.41) is 5.18. The summed E-state index contributed by atoms with van der Waals surface area (Å²) in [5.41, 5.74) is 0.0720. The Morgan fingerprint density at radius 3 is 2.50 bits per heavy atom. The zero-order valence-corrected chi connectivity index (χ0v) is 16.1. The highest BCUT2D eigenvalue weighted by Gasteiger charge is 2.16. The van der Waals surface area contributed by atoms with Gasteiger partial charge in [0.2, 0.25) is 5.91 Å². The average Bonchev–Trinajstić information content (AvgIpc) is 3.04. The maximum atomic E-state index is 12.7. The molecule has 1 amide bonds. The van der Waals surface area contributed by atoms with E-state index in [1.165, 1.54) is 20.5 Å². The molecule has 3 rings (SSSR count). The van der Waals surface area contributed by atoms with Crippen LogP contribution < -0.4 is 16.6 Å². The molecule has 6 nitrogen and oxygen atoms in total. The van der Waals surface area contributed by atoms with E-state index in [0.717, 1.165) is 0 Å². The molecule has 2 heterocycles. The van der Waals surface area contributed by atoms with E-state index in [0.29, 0.717) is 38.9 Å². The van der Waals surface area contributed by atoms with Crippen LogP contribution in [-0.2, 0) is 17.9 Å². The third-order valence-electron chi connectivity index (χ3n) is 3.73. The molecule has 0 aliphatic heterocycles. The predicted octanol–water partition coefficient (Wildman–Crippen LogP) is 3.58. The number of halogens is 2. The Hall–Kier alpha value is -2.09. The third-order valence-corrected chi connectivity index (χ3v) is 5.06. The minimum absolute atomic E-state index is 0.222. The number of rotatable bonds is 5. The number of benzene rings is 1. The molecule has 0 unspecified atom stereocenters. The summed E-state index contributed by atoms with van der Waals surface area (Å²) < 4.78 is 2.93. The number of hydrogen-bond donors (Lipinski definition) is 1. The number of hydrogen-bond acceptors (Lipinski definition) is 4. The van der Waals surface area contributed by atoms with Crippen molar-refractivity contribution < 1.29 is 4.79 Å². The Morgan fingerprint density at radius 2 is 1.85 bits per heavy atom. The van der Waals surface area contributed by atoms with Crippen LogP contribution in [0.2, 0.25) is 10.0 Å². The normalized spacial score (nSPS) is 11.0. The first-order valence-corrected chi connectivity index (χ1v) is 9.51. The lowest BCUT2D eigenvalue weighted by Crippen LogP contribution is -2.41. The molecular weight excluding hydrogens is 397 g/mol. The van der Waals surface area contributed by atoms with E-state index in [4.69, 9.17) is 23.2 Å². The Bertz CT molecular complexity index is 1080. The topological polar surface area (TPSA) is 73.1 Å². The van der Waals surface area contributed by atoms with Crippen molar-refractivity contribution in [1.82, 2.24) is 9.13 Å². The fourth-order valence-corrected chi connectivity index (χ4v) is 4.05. The summed E-state index contributed by atoms with van der Waals surface area (Å²) in [6.07, 6.45) is 0.638. The summed E-state index contributed by atoms with van der Waals surface area (Å²) in [4.78, 5) is 37.6. The summed E-state index contributed by atoms with van der Waals surface area (Å²) >= 11 is 13.1. The number of nitrogens with zero attached hydrogens (tertiary/aromatic N) is 2. The summed E-state index contributed by atoms with van der Waals surface area (Å²) in [6, 6.07) is 6.35. The van der Waals surface area contributed by atoms with E-state index in [2.05, 4.69) is 5.32 Å². The van der Waals surface area contributed by atoms with Gasteiger partial charge in [0.1, 0.15) is 11.2 Å². The number of nitrogens with one attached hydrogen (secondary N) is 1. The first-order chi connectivity index (χ1) is 12.4. The number of fused-ring (bicyclic) bond motifs is 1. The van der Waals surface area contributed by atoms with Crippen molar-refractivity contribution in [1.29, 1.82) is 0 Å². The van der Waals surface area contributed by atoms with Crippen LogP contribution in [0.15, 0.2) is 39.2 Å². The molecule has 26 heavy (non-hydrogen) atoms. The molecule has 136 valence electrons. The van der Waals surface area contributed by atoms with Crippen LogP contribution in [0.4, 0.5) is 5.69 Å². The fraction of sp³-hybridized carbons (Fsp3) is 0.235. The van der Waals surface area contributed by atoms with Gasteiger partial charge in [-0.2, -0.15) is 0 Å². The first kappa shape index (κ1) is 18.7. The molecule has 2 aromatic heterocycles. The van der Waals surface area contributed by atoms with E-state index in [-0.39, 0.29) is 12.1 Å². The predicted molar refractivity (Wildman–Crippen MR) is 106 cm³/mol. The molecule has 1 N–H and O–H groups in total. The molecule has 0 spiro atoms. The minimum Gasteiger partial charge on any atom is -0.324 e. The molecule has 0 fully saturated rings. The van der Waals surface area contributed by atoms with E-state index < -0.39 is 11.6 Å². The van der Waals surface area contributed by atoms with Crippen LogP contribution in [-0.4, -0.2) is 15.0 Å². The molecule has 0 aliphatic carbocycles. The van der Waals surface area contributed by atoms with Crippen molar-refractivity contribution >= 4 is 56.3 Å². The molecular formula is C17H15Cl2N3O3S. The molecule has 0 aliphatic rings. The zero-order chi connectivity index (χ0) is 18.8. The Balaban J connectivity index is 1.97. The second kappa shape index (κ2) is 7.65. The van der Waals surface area contributed by atoms with Gasteiger partial charge < -0.3 is 5.32 Å². The summed E-state index contributed by atoms with van der Waals surface area (Å²) in [5.74, 6) is -0.417. The molecule has 0 saturated carbocycles. The molecule has 9 heteroatoms. The standard InChI is InChI=1S/C17H15Cl2N3O3S/c1-2-4-21-16(24)15-13(3-5-26-15)22(17(21)25)9-14(23)20-12-7-10(18)6-11(19)8-12/h3,5-8H,2,4,9H2,1H3,(H,20,23). The minimum atomic E-state index is -0.498. The molecule has 3 aromatic rings. The summed E-state index contributed by atoms with van der Waals surface area (Å²) in [6.45, 7) is 1.96. The largest absolute Gasteiger partial charge is 0.332 e. The first-order valence-electron chi connectivity index (χ1n) is 7.87. The van der Waals surface area contributed by atoms with Gasteiger partial charge in [0.05, 0.1) is 5.52 Å². The fourth-order valence-electron chi connectivity index (χ4n) is 2.68. The van der Waals surface area contributed by atoms with Gasteiger partial charge >= 0.3 is 5.69 Å². The highest BCUT2D eigenvalue weighted by molar-refractivity contribution is 7.17. The van der Waals surface area contributed by atoms with E-state index >= 15 is 0 Å². The van der Waals surface area contributed by atoms with Gasteiger partial charge in [0.15, 0.2) is 0 Å². The molecule has 0 radical (unpaired) electrons. The Morgan fingerprint density at radius 1 is 1.15 bits per heavy atom. The maximum Gasteiger partial charge on any atom is 0.332 e. The number of aromatic nitrogens is 2. The van der Waals surface area contributed by atoms with Crippen molar-refractivity contribution in [3.05, 3.63) is 60.5 Å². The van der Waals surface area contributed by atoms with E-state index in [9.17, 15) is 14.4 Å². The average molecular weight is 412 g/mol. The molecule has 0 atom stereocenters. The number of amides is 1. The van der Waals surface area contributed by atoms with Crippen LogP contribution >= 0.6 is 34.5 Å². The highest BCUT2D eigenvalue weighted by Crippen LogP contribution is 2.22. The van der Waals surface area contributed by atoms with Crippen molar-refractivity contribution in [2.45, 2.75) is 26.4 Å². The van der Waals surface area contributed by atoms with E-state index in [1.54, 1.807) is 29.6 Å². The Kier molecular flexibility index (Phi) is 5.50. The van der Waals surface area contributed by atoms with Crippen molar-refractivity contribution in [2.24, 2.45) is 0 Å². The van der Waals surface area contributed by atoms with Crippen LogP contribution in [0.3, 0.4) is 0 Å². The van der Waals surface area contributed by atoms with Gasteiger partial charge in [-0.05, 0) is 36.1 Å². The van der Waals surface area contributed by atoms with Crippen LogP contribution in [0.1, 0.15) is 13.3 Å². The quantitative estimate of drug-likeness (QED) is 0.696. The summed E-state index contributed by atoms with van der Waals surface area (Å²) in [7, 11) is 0. The van der Waals surface area contributed by atoms with Gasteiger partial charge in [-0.25, -0.2) is 4.79 Å².